The highest BCUT2D eigenvalue weighted by Gasteiger charge is 2.46. The summed E-state index contributed by atoms with van der Waals surface area (Å²) < 4.78 is 5.67. The number of methoxy groups -OCH3 is 1. The second-order valence-electron chi connectivity index (χ2n) is 5.77. The molecule has 0 bridgehead atoms. The summed E-state index contributed by atoms with van der Waals surface area (Å²) in [4.78, 5) is 0. The van der Waals surface area contributed by atoms with E-state index in [1.807, 2.05) is 0 Å². The summed E-state index contributed by atoms with van der Waals surface area (Å²) in [6, 6.07) is 4.86. The Morgan fingerprint density at radius 3 is 2.50 bits per heavy atom. The summed E-state index contributed by atoms with van der Waals surface area (Å²) >= 11 is 0. The first-order valence-corrected chi connectivity index (χ1v) is 6.91. The Bertz CT molecular complexity index is 435. The molecule has 2 rings (SSSR count). The number of benzene rings is 1. The zero-order valence-electron chi connectivity index (χ0n) is 12.3. The maximum absolute atomic E-state index is 5.67. The van der Waals surface area contributed by atoms with Crippen LogP contribution in [0, 0.1) is 19.3 Å². The smallest absolute Gasteiger partial charge is 0.126 e. The number of hydrogen-bond acceptors (Lipinski definition) is 2. The molecule has 1 fully saturated rings. The van der Waals surface area contributed by atoms with Crippen LogP contribution in [0.5, 0.6) is 5.75 Å². The summed E-state index contributed by atoms with van der Waals surface area (Å²) in [5.74, 6) is 1.06. The molecular formula is C16H25NO. The van der Waals surface area contributed by atoms with Gasteiger partial charge in [-0.05, 0) is 49.8 Å². The molecule has 0 radical (unpaired) electrons. The third kappa shape index (κ3) is 2.26. The Hall–Kier alpha value is -1.02. The number of hydrogen-bond donors (Lipinski definition) is 1. The molecule has 0 saturated heterocycles. The molecular weight excluding hydrogens is 222 g/mol. The minimum atomic E-state index is 0.408. The average molecular weight is 247 g/mol. The molecule has 1 unspecified atom stereocenters. The van der Waals surface area contributed by atoms with Crippen molar-refractivity contribution in [2.24, 2.45) is 5.41 Å². The van der Waals surface area contributed by atoms with Gasteiger partial charge in [0.1, 0.15) is 5.75 Å². The molecule has 1 saturated carbocycles. The standard InChI is InChI=1S/C16H25NO/c1-6-17-15(16(4)9-10-16)13-8-7-11(2)12(3)14(13)18-5/h7-8,15,17H,6,9-10H2,1-5H3. The number of rotatable bonds is 5. The van der Waals surface area contributed by atoms with Crippen LogP contribution in [0.25, 0.3) is 0 Å². The van der Waals surface area contributed by atoms with Crippen LogP contribution in [0.3, 0.4) is 0 Å². The van der Waals surface area contributed by atoms with Gasteiger partial charge in [0, 0.05) is 11.6 Å². The summed E-state index contributed by atoms with van der Waals surface area (Å²) in [6.45, 7) is 9.83. The molecule has 0 heterocycles. The van der Waals surface area contributed by atoms with Crippen molar-refractivity contribution in [2.75, 3.05) is 13.7 Å². The Kier molecular flexibility index (Phi) is 3.67. The first kappa shape index (κ1) is 13.4. The lowest BCUT2D eigenvalue weighted by molar-refractivity contribution is 0.346. The van der Waals surface area contributed by atoms with Crippen LogP contribution in [-0.4, -0.2) is 13.7 Å². The van der Waals surface area contributed by atoms with Crippen LogP contribution < -0.4 is 10.1 Å². The van der Waals surface area contributed by atoms with Crippen molar-refractivity contribution in [3.05, 3.63) is 28.8 Å². The molecule has 2 nitrogen and oxygen atoms in total. The molecule has 1 atom stereocenters. The first-order chi connectivity index (χ1) is 8.53. The molecule has 1 aliphatic carbocycles. The zero-order valence-corrected chi connectivity index (χ0v) is 12.3. The van der Waals surface area contributed by atoms with E-state index in [0.29, 0.717) is 11.5 Å². The second-order valence-corrected chi connectivity index (χ2v) is 5.77. The lowest BCUT2D eigenvalue weighted by Crippen LogP contribution is -2.28. The Morgan fingerprint density at radius 2 is 2.00 bits per heavy atom. The first-order valence-electron chi connectivity index (χ1n) is 6.91. The normalized spacial score (nSPS) is 18.5. The quantitative estimate of drug-likeness (QED) is 0.855. The lowest BCUT2D eigenvalue weighted by Gasteiger charge is -2.27. The van der Waals surface area contributed by atoms with Crippen LogP contribution in [0.15, 0.2) is 12.1 Å². The Labute approximate surface area is 111 Å². The van der Waals surface area contributed by atoms with Gasteiger partial charge in [0.2, 0.25) is 0 Å². The van der Waals surface area contributed by atoms with E-state index in [9.17, 15) is 0 Å². The third-order valence-corrected chi connectivity index (χ3v) is 4.37. The second kappa shape index (κ2) is 4.93. The molecule has 1 aliphatic rings. The minimum Gasteiger partial charge on any atom is -0.496 e. The fourth-order valence-corrected chi connectivity index (χ4v) is 2.73. The van der Waals surface area contributed by atoms with Crippen LogP contribution in [-0.2, 0) is 0 Å². The van der Waals surface area contributed by atoms with E-state index in [4.69, 9.17) is 4.74 Å². The summed E-state index contributed by atoms with van der Waals surface area (Å²) in [7, 11) is 1.78. The highest BCUT2D eigenvalue weighted by atomic mass is 16.5. The van der Waals surface area contributed by atoms with E-state index in [1.165, 1.54) is 29.5 Å². The van der Waals surface area contributed by atoms with Gasteiger partial charge in [0.05, 0.1) is 7.11 Å². The molecule has 0 aliphatic heterocycles. The average Bonchev–Trinajstić information content (AvgIpc) is 3.09. The van der Waals surface area contributed by atoms with Crippen molar-refractivity contribution in [2.45, 2.75) is 46.6 Å². The molecule has 18 heavy (non-hydrogen) atoms. The van der Waals surface area contributed by atoms with E-state index in [0.717, 1.165) is 12.3 Å². The molecule has 0 spiro atoms. The number of ether oxygens (including phenoxy) is 1. The summed E-state index contributed by atoms with van der Waals surface area (Å²) in [6.07, 6.45) is 2.61. The van der Waals surface area contributed by atoms with Crippen molar-refractivity contribution in [1.82, 2.24) is 5.32 Å². The van der Waals surface area contributed by atoms with Crippen molar-refractivity contribution >= 4 is 0 Å². The van der Waals surface area contributed by atoms with Crippen molar-refractivity contribution in [3.8, 4) is 5.75 Å². The fourth-order valence-electron chi connectivity index (χ4n) is 2.73. The van der Waals surface area contributed by atoms with Gasteiger partial charge in [-0.15, -0.1) is 0 Å². The molecule has 1 aromatic rings. The minimum absolute atomic E-state index is 0.408. The number of aryl methyl sites for hydroxylation is 1. The van der Waals surface area contributed by atoms with Gasteiger partial charge in [-0.25, -0.2) is 0 Å². The molecule has 1 N–H and O–H groups in total. The SMILES string of the molecule is CCNC(c1ccc(C)c(C)c1OC)C1(C)CC1. The zero-order chi connectivity index (χ0) is 13.3. The van der Waals surface area contributed by atoms with E-state index >= 15 is 0 Å². The van der Waals surface area contributed by atoms with Gasteiger partial charge in [-0.2, -0.15) is 0 Å². The maximum atomic E-state index is 5.67. The monoisotopic (exact) mass is 247 g/mol. The van der Waals surface area contributed by atoms with Gasteiger partial charge in [-0.1, -0.05) is 26.0 Å². The third-order valence-electron chi connectivity index (χ3n) is 4.37. The van der Waals surface area contributed by atoms with E-state index in [1.54, 1.807) is 7.11 Å². The molecule has 100 valence electrons. The summed E-state index contributed by atoms with van der Waals surface area (Å²) in [5, 5.41) is 3.64. The van der Waals surface area contributed by atoms with E-state index in [2.05, 4.69) is 45.1 Å². The van der Waals surface area contributed by atoms with Gasteiger partial charge in [-0.3, -0.25) is 0 Å². The van der Waals surface area contributed by atoms with Crippen molar-refractivity contribution in [1.29, 1.82) is 0 Å². The van der Waals surface area contributed by atoms with E-state index in [-0.39, 0.29) is 0 Å². The van der Waals surface area contributed by atoms with Gasteiger partial charge < -0.3 is 10.1 Å². The lowest BCUT2D eigenvalue weighted by atomic mass is 9.89. The fraction of sp³-hybridized carbons (Fsp3) is 0.625. The Morgan fingerprint density at radius 1 is 1.33 bits per heavy atom. The van der Waals surface area contributed by atoms with Gasteiger partial charge in [0.15, 0.2) is 0 Å². The predicted molar refractivity (Wildman–Crippen MR) is 76.2 cm³/mol. The highest BCUT2D eigenvalue weighted by Crippen LogP contribution is 2.56. The molecule has 2 heteroatoms. The van der Waals surface area contributed by atoms with Crippen LogP contribution in [0.4, 0.5) is 0 Å². The van der Waals surface area contributed by atoms with E-state index < -0.39 is 0 Å². The highest BCUT2D eigenvalue weighted by molar-refractivity contribution is 5.47. The molecule has 0 aromatic heterocycles. The van der Waals surface area contributed by atoms with Crippen molar-refractivity contribution in [3.63, 3.8) is 0 Å². The molecule has 1 aromatic carbocycles. The molecule has 0 amide bonds. The Balaban J connectivity index is 2.44. The van der Waals surface area contributed by atoms with Crippen LogP contribution in [0.2, 0.25) is 0 Å². The largest absolute Gasteiger partial charge is 0.496 e. The van der Waals surface area contributed by atoms with Gasteiger partial charge in [0.25, 0.3) is 0 Å². The number of nitrogens with one attached hydrogen (secondary N) is 1. The summed E-state index contributed by atoms with van der Waals surface area (Å²) in [5.41, 5.74) is 4.29. The van der Waals surface area contributed by atoms with Gasteiger partial charge >= 0.3 is 0 Å². The van der Waals surface area contributed by atoms with Crippen LogP contribution in [0.1, 0.15) is 49.4 Å². The predicted octanol–water partition coefficient (Wildman–Crippen LogP) is 3.76. The topological polar surface area (TPSA) is 21.3 Å². The van der Waals surface area contributed by atoms with Crippen LogP contribution >= 0.6 is 0 Å². The van der Waals surface area contributed by atoms with Crippen molar-refractivity contribution < 1.29 is 4.74 Å². The maximum Gasteiger partial charge on any atom is 0.126 e.